The van der Waals surface area contributed by atoms with Crippen molar-refractivity contribution in [1.82, 2.24) is 14.8 Å². The third kappa shape index (κ3) is 2.93. The highest BCUT2D eigenvalue weighted by molar-refractivity contribution is 6.28. The molecule has 0 aromatic carbocycles. The minimum atomic E-state index is 0.456. The number of rotatable bonds is 7. The predicted octanol–water partition coefficient (Wildman–Crippen LogP) is 1.47. The van der Waals surface area contributed by atoms with E-state index >= 15 is 0 Å². The lowest BCUT2D eigenvalue weighted by Crippen LogP contribution is -2.11. The molecule has 0 atom stereocenters. The summed E-state index contributed by atoms with van der Waals surface area (Å²) >= 11 is 5.97. The van der Waals surface area contributed by atoms with E-state index in [2.05, 4.69) is 10.2 Å². The fourth-order valence-corrected chi connectivity index (χ4v) is 1.75. The van der Waals surface area contributed by atoms with Gasteiger partial charge < -0.3 is 9.47 Å². The van der Waals surface area contributed by atoms with Crippen LogP contribution in [0.5, 0.6) is 0 Å². The monoisotopic (exact) mass is 245 g/mol. The maximum Gasteiger partial charge on any atom is 0.225 e. The number of nitrogens with zero attached hydrogens (tertiary/aromatic N) is 3. The van der Waals surface area contributed by atoms with E-state index in [1.54, 1.807) is 7.11 Å². The summed E-state index contributed by atoms with van der Waals surface area (Å²) in [6.07, 6.45) is 2.39. The molecule has 1 aliphatic rings. The number of hydrogen-bond donors (Lipinski definition) is 0. The van der Waals surface area contributed by atoms with Gasteiger partial charge in [-0.1, -0.05) is 0 Å². The van der Waals surface area contributed by atoms with Crippen LogP contribution in [-0.4, -0.2) is 41.7 Å². The number of halogens is 1. The molecule has 2 rings (SSSR count). The van der Waals surface area contributed by atoms with Crippen LogP contribution < -0.4 is 0 Å². The zero-order valence-electron chi connectivity index (χ0n) is 9.36. The van der Waals surface area contributed by atoms with Gasteiger partial charge in [0.1, 0.15) is 5.82 Å². The molecule has 0 spiro atoms. The van der Waals surface area contributed by atoms with Gasteiger partial charge in [-0.2, -0.15) is 0 Å². The van der Waals surface area contributed by atoms with Gasteiger partial charge in [0.2, 0.25) is 5.28 Å². The van der Waals surface area contributed by atoms with Crippen molar-refractivity contribution in [2.75, 3.05) is 26.9 Å². The molecule has 1 heterocycles. The molecule has 0 amide bonds. The van der Waals surface area contributed by atoms with Gasteiger partial charge in [0.15, 0.2) is 0 Å². The van der Waals surface area contributed by atoms with Gasteiger partial charge >= 0.3 is 0 Å². The summed E-state index contributed by atoms with van der Waals surface area (Å²) in [6, 6.07) is 0. The molecule has 1 aromatic rings. The first-order valence-corrected chi connectivity index (χ1v) is 5.86. The molecular formula is C10H16ClN3O2. The molecule has 16 heavy (non-hydrogen) atoms. The zero-order chi connectivity index (χ0) is 11.4. The largest absolute Gasteiger partial charge is 0.382 e. The van der Waals surface area contributed by atoms with Gasteiger partial charge in [-0.3, -0.25) is 4.57 Å². The Balaban J connectivity index is 1.81. The Hall–Kier alpha value is -0.650. The first-order valence-electron chi connectivity index (χ1n) is 5.48. The fourth-order valence-electron chi connectivity index (χ4n) is 1.55. The summed E-state index contributed by atoms with van der Waals surface area (Å²) in [5, 5.41) is 8.44. The van der Waals surface area contributed by atoms with Crippen LogP contribution in [0.3, 0.4) is 0 Å². The predicted molar refractivity (Wildman–Crippen MR) is 59.7 cm³/mol. The molecule has 0 saturated heterocycles. The molecule has 6 heteroatoms. The minimum Gasteiger partial charge on any atom is -0.382 e. The second-order valence-electron chi connectivity index (χ2n) is 3.86. The van der Waals surface area contributed by atoms with Gasteiger partial charge in [0.25, 0.3) is 0 Å². The third-order valence-corrected chi connectivity index (χ3v) is 2.85. The maximum absolute atomic E-state index is 5.97. The van der Waals surface area contributed by atoms with Gasteiger partial charge in [0.05, 0.1) is 26.4 Å². The normalized spacial score (nSPS) is 15.6. The average Bonchev–Trinajstić information content (AvgIpc) is 3.05. The van der Waals surface area contributed by atoms with Crippen LogP contribution in [0.1, 0.15) is 24.6 Å². The Kier molecular flexibility index (Phi) is 4.15. The van der Waals surface area contributed by atoms with E-state index in [1.165, 1.54) is 12.8 Å². The Labute approximate surface area is 99.7 Å². The number of methoxy groups -OCH3 is 1. The van der Waals surface area contributed by atoms with Crippen molar-refractivity contribution in [2.45, 2.75) is 25.3 Å². The summed E-state index contributed by atoms with van der Waals surface area (Å²) in [5.74, 6) is 1.55. The lowest BCUT2D eigenvalue weighted by Gasteiger charge is -2.07. The van der Waals surface area contributed by atoms with Crippen molar-refractivity contribution in [3.8, 4) is 0 Å². The Morgan fingerprint density at radius 3 is 2.81 bits per heavy atom. The Morgan fingerprint density at radius 2 is 2.12 bits per heavy atom. The van der Waals surface area contributed by atoms with E-state index in [1.807, 2.05) is 4.57 Å². The summed E-state index contributed by atoms with van der Waals surface area (Å²) in [6.45, 7) is 2.54. The van der Waals surface area contributed by atoms with Crippen molar-refractivity contribution in [3.05, 3.63) is 11.1 Å². The topological polar surface area (TPSA) is 49.2 Å². The van der Waals surface area contributed by atoms with E-state index in [9.17, 15) is 0 Å². The third-order valence-electron chi connectivity index (χ3n) is 2.57. The first-order chi connectivity index (χ1) is 7.83. The second kappa shape index (κ2) is 5.61. The average molecular weight is 246 g/mol. The van der Waals surface area contributed by atoms with Crippen molar-refractivity contribution in [1.29, 1.82) is 0 Å². The molecule has 0 bridgehead atoms. The van der Waals surface area contributed by atoms with Crippen molar-refractivity contribution in [2.24, 2.45) is 0 Å². The SMILES string of the molecule is COCCOCCn1c(Cl)nnc1C1CC1. The van der Waals surface area contributed by atoms with Crippen LogP contribution in [0, 0.1) is 0 Å². The molecule has 0 radical (unpaired) electrons. The van der Waals surface area contributed by atoms with Crippen LogP contribution in [0.25, 0.3) is 0 Å². The van der Waals surface area contributed by atoms with Crippen LogP contribution >= 0.6 is 11.6 Å². The lowest BCUT2D eigenvalue weighted by atomic mass is 10.4. The van der Waals surface area contributed by atoms with Crippen LogP contribution in [0.2, 0.25) is 5.28 Å². The van der Waals surface area contributed by atoms with Crippen molar-refractivity contribution >= 4 is 11.6 Å². The van der Waals surface area contributed by atoms with Gasteiger partial charge in [-0.05, 0) is 24.4 Å². The molecule has 1 fully saturated rings. The summed E-state index contributed by atoms with van der Waals surface area (Å²) < 4.78 is 12.2. The molecule has 0 N–H and O–H groups in total. The van der Waals surface area contributed by atoms with Gasteiger partial charge in [-0.25, -0.2) is 0 Å². The standard InChI is InChI=1S/C10H16ClN3O2/c1-15-6-7-16-5-4-14-9(8-2-3-8)12-13-10(14)11/h8H,2-7H2,1H3. The van der Waals surface area contributed by atoms with E-state index in [4.69, 9.17) is 21.1 Å². The first kappa shape index (κ1) is 11.8. The maximum atomic E-state index is 5.97. The Morgan fingerprint density at radius 1 is 1.31 bits per heavy atom. The Bertz CT molecular complexity index is 339. The smallest absolute Gasteiger partial charge is 0.225 e. The van der Waals surface area contributed by atoms with E-state index < -0.39 is 0 Å². The molecule has 1 saturated carbocycles. The summed E-state index contributed by atoms with van der Waals surface area (Å²) in [4.78, 5) is 0. The molecular weight excluding hydrogens is 230 g/mol. The molecule has 5 nitrogen and oxygen atoms in total. The number of hydrogen-bond acceptors (Lipinski definition) is 4. The highest BCUT2D eigenvalue weighted by atomic mass is 35.5. The number of ether oxygens (including phenoxy) is 2. The highest BCUT2D eigenvalue weighted by Crippen LogP contribution is 2.39. The quantitative estimate of drug-likeness (QED) is 0.683. The van der Waals surface area contributed by atoms with E-state index in [0.717, 1.165) is 5.82 Å². The highest BCUT2D eigenvalue weighted by Gasteiger charge is 2.29. The number of aromatic nitrogens is 3. The van der Waals surface area contributed by atoms with Crippen LogP contribution in [-0.2, 0) is 16.0 Å². The zero-order valence-corrected chi connectivity index (χ0v) is 10.1. The molecule has 1 aromatic heterocycles. The molecule has 1 aliphatic carbocycles. The van der Waals surface area contributed by atoms with Crippen molar-refractivity contribution in [3.63, 3.8) is 0 Å². The summed E-state index contributed by atoms with van der Waals surface area (Å²) in [5.41, 5.74) is 0. The summed E-state index contributed by atoms with van der Waals surface area (Å²) in [7, 11) is 1.66. The van der Waals surface area contributed by atoms with E-state index in [-0.39, 0.29) is 0 Å². The molecule has 0 unspecified atom stereocenters. The van der Waals surface area contributed by atoms with Crippen LogP contribution in [0.15, 0.2) is 0 Å². The van der Waals surface area contributed by atoms with Gasteiger partial charge in [0, 0.05) is 13.0 Å². The van der Waals surface area contributed by atoms with Crippen LogP contribution in [0.4, 0.5) is 0 Å². The molecule has 90 valence electrons. The molecule has 0 aliphatic heterocycles. The lowest BCUT2D eigenvalue weighted by molar-refractivity contribution is 0.0663. The van der Waals surface area contributed by atoms with Crippen molar-refractivity contribution < 1.29 is 9.47 Å². The fraction of sp³-hybridized carbons (Fsp3) is 0.800. The second-order valence-corrected chi connectivity index (χ2v) is 4.20. The van der Waals surface area contributed by atoms with E-state index in [0.29, 0.717) is 37.6 Å². The minimum absolute atomic E-state index is 0.456. The van der Waals surface area contributed by atoms with Gasteiger partial charge in [-0.15, -0.1) is 10.2 Å².